The lowest BCUT2D eigenvalue weighted by Gasteiger charge is -2.08. The molecule has 0 aromatic carbocycles. The fourth-order valence-electron chi connectivity index (χ4n) is 0.260. The zero-order valence-corrected chi connectivity index (χ0v) is 5.26. The number of urea groups is 2. The predicted octanol–water partition coefficient (Wildman–Crippen LogP) is -0.339. The van der Waals surface area contributed by atoms with Crippen LogP contribution in [0.2, 0.25) is 0 Å². The van der Waals surface area contributed by atoms with Crippen LogP contribution in [-0.4, -0.2) is 31.1 Å². The lowest BCUT2D eigenvalue weighted by molar-refractivity contribution is 0.200. The topological polar surface area (TPSA) is 73.2 Å². The number of rotatable bonds is 0. The maximum absolute atomic E-state index is 10.4. The molecule has 4 amide bonds. The van der Waals surface area contributed by atoms with E-state index < -0.39 is 12.1 Å². The number of amides is 4. The van der Waals surface area contributed by atoms with Crippen LogP contribution in [0, 0.1) is 0 Å². The quantitative estimate of drug-likeness (QED) is 0.487. The van der Waals surface area contributed by atoms with Crippen molar-refractivity contribution >= 4 is 12.1 Å². The Morgan fingerprint density at radius 3 is 2.11 bits per heavy atom. The van der Waals surface area contributed by atoms with Gasteiger partial charge in [0.1, 0.15) is 0 Å². The molecule has 0 spiro atoms. The van der Waals surface area contributed by atoms with Crippen LogP contribution in [0.4, 0.5) is 9.59 Å². The number of imide groups is 1. The number of nitrogens with one attached hydrogen (secondary N) is 2. The fraction of sp³-hybridized carbons (Fsp3) is 0.500. The first-order valence-corrected chi connectivity index (χ1v) is 2.30. The van der Waals surface area contributed by atoms with E-state index in [1.807, 2.05) is 0 Å². The molecule has 5 heteroatoms. The predicted molar refractivity (Wildman–Crippen MR) is 30.7 cm³/mol. The zero-order valence-electron chi connectivity index (χ0n) is 5.26. The summed E-state index contributed by atoms with van der Waals surface area (Å²) < 4.78 is 0. The third kappa shape index (κ3) is 1.98. The molecule has 0 aliphatic heterocycles. The molecule has 0 heterocycles. The van der Waals surface area contributed by atoms with Gasteiger partial charge in [-0.05, 0) is 0 Å². The number of hydrogen-bond acceptors (Lipinski definition) is 2. The van der Waals surface area contributed by atoms with Gasteiger partial charge in [0.05, 0.1) is 0 Å². The average molecular weight is 130 g/mol. The lowest BCUT2D eigenvalue weighted by atomic mass is 10.7. The van der Waals surface area contributed by atoms with Crippen molar-refractivity contribution in [1.29, 1.82) is 0 Å². The molecule has 0 fully saturated rings. The van der Waals surface area contributed by atoms with Crippen molar-refractivity contribution in [1.82, 2.24) is 16.0 Å². The molecule has 0 saturated carbocycles. The van der Waals surface area contributed by atoms with Gasteiger partial charge in [-0.25, -0.2) is 20.2 Å². The second kappa shape index (κ2) is 2.91. The first-order chi connectivity index (χ1) is 4.09. The molecule has 0 bridgehead atoms. The van der Waals surface area contributed by atoms with Gasteiger partial charge in [0.15, 0.2) is 0 Å². The van der Waals surface area contributed by atoms with Crippen LogP contribution >= 0.6 is 0 Å². The van der Waals surface area contributed by atoms with E-state index >= 15 is 0 Å². The summed E-state index contributed by atoms with van der Waals surface area (Å²) in [7, 11) is 2.62. The Hall–Kier alpha value is -1.26. The summed E-state index contributed by atoms with van der Waals surface area (Å²) >= 11 is 0. The van der Waals surface area contributed by atoms with Gasteiger partial charge >= 0.3 is 12.1 Å². The number of hydrogen-bond donors (Lipinski definition) is 1. The molecular formula is C4H8N3O2. The van der Waals surface area contributed by atoms with E-state index in [-0.39, 0.29) is 0 Å². The Kier molecular flexibility index (Phi) is 2.50. The first kappa shape index (κ1) is 7.74. The van der Waals surface area contributed by atoms with E-state index in [2.05, 4.69) is 5.32 Å². The summed E-state index contributed by atoms with van der Waals surface area (Å²) in [5, 5.41) is 2.19. The summed E-state index contributed by atoms with van der Waals surface area (Å²) in [6.07, 6.45) is 0. The molecule has 0 aliphatic carbocycles. The minimum Gasteiger partial charge on any atom is -0.341 e. The normalized spacial score (nSPS) is 8.22. The van der Waals surface area contributed by atoms with Gasteiger partial charge in [-0.1, -0.05) is 0 Å². The van der Waals surface area contributed by atoms with Crippen LogP contribution in [0.5, 0.6) is 0 Å². The highest BCUT2D eigenvalue weighted by Crippen LogP contribution is 1.81. The molecule has 0 aromatic rings. The number of nitrogens with zero attached hydrogens (tertiary/aromatic N) is 1. The fourth-order valence-corrected chi connectivity index (χ4v) is 0.260. The van der Waals surface area contributed by atoms with Crippen molar-refractivity contribution < 1.29 is 9.59 Å². The molecule has 0 unspecified atom stereocenters. The van der Waals surface area contributed by atoms with E-state index in [0.717, 1.165) is 0 Å². The van der Waals surface area contributed by atoms with Crippen molar-refractivity contribution in [2.75, 3.05) is 14.1 Å². The van der Waals surface area contributed by atoms with E-state index in [1.54, 1.807) is 0 Å². The monoisotopic (exact) mass is 130 g/mol. The Bertz CT molecular complexity index is 134. The summed E-state index contributed by atoms with van der Waals surface area (Å²) in [5.74, 6) is 0. The molecule has 9 heavy (non-hydrogen) atoms. The molecule has 0 aliphatic rings. The van der Waals surface area contributed by atoms with Crippen molar-refractivity contribution in [3.63, 3.8) is 0 Å². The highest BCUT2D eigenvalue weighted by Gasteiger charge is 2.10. The van der Waals surface area contributed by atoms with Crippen LogP contribution in [-0.2, 0) is 0 Å². The summed E-state index contributed by atoms with van der Waals surface area (Å²) in [5.41, 5.74) is 6.44. The van der Waals surface area contributed by atoms with Gasteiger partial charge < -0.3 is 5.32 Å². The second-order valence-corrected chi connectivity index (χ2v) is 1.42. The average Bonchev–Trinajstić information content (AvgIpc) is 1.84. The Morgan fingerprint density at radius 2 is 2.00 bits per heavy atom. The number of carbonyl (C=O) groups excluding carboxylic acids is 2. The van der Waals surface area contributed by atoms with Crippen LogP contribution in [0.1, 0.15) is 0 Å². The molecule has 0 saturated heterocycles. The van der Waals surface area contributed by atoms with E-state index in [1.165, 1.54) is 14.1 Å². The van der Waals surface area contributed by atoms with Crippen LogP contribution in [0.15, 0.2) is 0 Å². The highest BCUT2D eigenvalue weighted by atomic mass is 16.2. The van der Waals surface area contributed by atoms with Gasteiger partial charge in [-0.15, -0.1) is 0 Å². The van der Waals surface area contributed by atoms with Gasteiger partial charge in [0.25, 0.3) is 0 Å². The highest BCUT2D eigenvalue weighted by molar-refractivity contribution is 5.91. The molecule has 51 valence electrons. The van der Waals surface area contributed by atoms with Crippen LogP contribution in [0.3, 0.4) is 0 Å². The lowest BCUT2D eigenvalue weighted by Crippen LogP contribution is -2.38. The SMILES string of the molecule is CNC(=O)N(C)C([NH])=O. The second-order valence-electron chi connectivity index (χ2n) is 1.42. The van der Waals surface area contributed by atoms with Gasteiger partial charge in [-0.2, -0.15) is 0 Å². The standard InChI is InChI=1S/C4H8N3O2/c1-6-4(9)7(2)3(5)8/h5H,1-2H3,(H,6,9). The Labute approximate surface area is 52.8 Å². The van der Waals surface area contributed by atoms with Crippen molar-refractivity contribution in [3.8, 4) is 0 Å². The Balaban J connectivity index is 3.88. The van der Waals surface area contributed by atoms with Crippen molar-refractivity contribution in [3.05, 3.63) is 0 Å². The maximum atomic E-state index is 10.4. The van der Waals surface area contributed by atoms with E-state index in [9.17, 15) is 9.59 Å². The van der Waals surface area contributed by atoms with E-state index in [0.29, 0.717) is 4.90 Å². The smallest absolute Gasteiger partial charge is 0.341 e. The Morgan fingerprint density at radius 1 is 1.56 bits per heavy atom. The van der Waals surface area contributed by atoms with E-state index in [4.69, 9.17) is 5.73 Å². The molecule has 5 nitrogen and oxygen atoms in total. The summed E-state index contributed by atoms with van der Waals surface area (Å²) in [6, 6.07) is -1.59. The van der Waals surface area contributed by atoms with Gasteiger partial charge in [0.2, 0.25) is 0 Å². The third-order valence-corrected chi connectivity index (χ3v) is 0.823. The minimum atomic E-state index is -1.02. The maximum Gasteiger partial charge on any atom is 0.344 e. The van der Waals surface area contributed by atoms with Crippen LogP contribution in [0.25, 0.3) is 0 Å². The zero-order chi connectivity index (χ0) is 7.44. The third-order valence-electron chi connectivity index (χ3n) is 0.823. The summed E-state index contributed by atoms with van der Waals surface area (Å²) in [4.78, 5) is 21.2. The van der Waals surface area contributed by atoms with Crippen molar-refractivity contribution in [2.45, 2.75) is 0 Å². The molecule has 1 radical (unpaired) electrons. The summed E-state index contributed by atoms with van der Waals surface area (Å²) in [6.45, 7) is 0. The largest absolute Gasteiger partial charge is 0.344 e. The van der Waals surface area contributed by atoms with Crippen molar-refractivity contribution in [2.24, 2.45) is 0 Å². The van der Waals surface area contributed by atoms with Crippen LogP contribution < -0.4 is 11.1 Å². The molecule has 2 N–H and O–H groups in total. The molecule has 0 aromatic heterocycles. The molecule has 0 rings (SSSR count). The van der Waals surface area contributed by atoms with Gasteiger partial charge in [-0.3, -0.25) is 0 Å². The minimum absolute atomic E-state index is 0.574. The number of carbonyl (C=O) groups is 2. The molecular weight excluding hydrogens is 122 g/mol. The molecule has 0 atom stereocenters. The van der Waals surface area contributed by atoms with Gasteiger partial charge in [0, 0.05) is 14.1 Å². The first-order valence-electron chi connectivity index (χ1n) is 2.30.